The molecule has 1 aliphatic rings. The Hall–Kier alpha value is -2.34. The van der Waals surface area contributed by atoms with Gasteiger partial charge in [0.05, 0.1) is 4.91 Å². The summed E-state index contributed by atoms with van der Waals surface area (Å²) in [6, 6.07) is 9.59. The van der Waals surface area contributed by atoms with E-state index in [0.29, 0.717) is 4.91 Å². The number of nitrogens with zero attached hydrogens (tertiary/aromatic N) is 2. The van der Waals surface area contributed by atoms with Crippen LogP contribution in [-0.4, -0.2) is 26.7 Å². The Bertz CT molecular complexity index is 793. The van der Waals surface area contributed by atoms with Crippen molar-refractivity contribution in [3.63, 3.8) is 0 Å². The van der Waals surface area contributed by atoms with Gasteiger partial charge in [0, 0.05) is 23.6 Å². The number of hydrogen-bond acceptors (Lipinski definition) is 3. The fraction of sp³-hybridized carbons (Fsp3) is 0.176. The zero-order valence-electron chi connectivity index (χ0n) is 12.7. The number of imide groups is 1. The number of carbonyl (C=O) groups is 2. The smallest absolute Gasteiger partial charge is 0.293 e. The van der Waals surface area contributed by atoms with Gasteiger partial charge in [0.15, 0.2) is 0 Å². The lowest BCUT2D eigenvalue weighted by atomic mass is 10.2. The van der Waals surface area contributed by atoms with E-state index in [0.717, 1.165) is 23.1 Å². The predicted octanol–water partition coefficient (Wildman–Crippen LogP) is 4.06. The molecule has 0 atom stereocenters. The number of hydrogen-bond donors (Lipinski definition) is 0. The molecule has 6 heteroatoms. The summed E-state index contributed by atoms with van der Waals surface area (Å²) >= 11 is 0.940. The van der Waals surface area contributed by atoms with Gasteiger partial charge in [0.1, 0.15) is 5.82 Å². The van der Waals surface area contributed by atoms with E-state index in [9.17, 15) is 14.0 Å². The zero-order valence-corrected chi connectivity index (χ0v) is 13.5. The minimum Gasteiger partial charge on any atom is -0.317 e. The van der Waals surface area contributed by atoms with Gasteiger partial charge in [-0.2, -0.15) is 0 Å². The van der Waals surface area contributed by atoms with Crippen molar-refractivity contribution in [1.82, 2.24) is 9.47 Å². The van der Waals surface area contributed by atoms with Gasteiger partial charge in [-0.3, -0.25) is 14.5 Å². The van der Waals surface area contributed by atoms with Crippen LogP contribution in [0.4, 0.5) is 9.18 Å². The molecule has 1 aromatic carbocycles. The third-order valence-corrected chi connectivity index (χ3v) is 4.39. The van der Waals surface area contributed by atoms with E-state index < -0.39 is 0 Å². The van der Waals surface area contributed by atoms with Gasteiger partial charge >= 0.3 is 0 Å². The number of amides is 2. The lowest BCUT2D eigenvalue weighted by molar-refractivity contribution is -0.123. The Labute approximate surface area is 137 Å². The van der Waals surface area contributed by atoms with Crippen molar-refractivity contribution in [3.8, 4) is 5.69 Å². The van der Waals surface area contributed by atoms with Gasteiger partial charge < -0.3 is 4.57 Å². The molecule has 1 fully saturated rings. The molecule has 3 rings (SSSR count). The Morgan fingerprint density at radius 3 is 2.43 bits per heavy atom. The van der Waals surface area contributed by atoms with Crippen molar-refractivity contribution in [2.75, 3.05) is 0 Å². The minimum absolute atomic E-state index is 0.169. The molecule has 1 saturated heterocycles. The van der Waals surface area contributed by atoms with Crippen LogP contribution >= 0.6 is 11.8 Å². The first-order valence-corrected chi connectivity index (χ1v) is 7.99. The maximum atomic E-state index is 13.1. The highest BCUT2D eigenvalue weighted by molar-refractivity contribution is 8.18. The van der Waals surface area contributed by atoms with Crippen molar-refractivity contribution in [3.05, 3.63) is 59.0 Å². The highest BCUT2D eigenvalue weighted by Crippen LogP contribution is 2.33. The zero-order chi connectivity index (χ0) is 16.6. The number of benzene rings is 1. The van der Waals surface area contributed by atoms with E-state index in [2.05, 4.69) is 0 Å². The average Bonchev–Trinajstić information content (AvgIpc) is 3.05. The van der Waals surface area contributed by atoms with E-state index >= 15 is 0 Å². The summed E-state index contributed by atoms with van der Waals surface area (Å²) in [5.74, 6) is -0.581. The Balaban J connectivity index is 1.96. The Kier molecular flexibility index (Phi) is 4.09. The monoisotopic (exact) mass is 330 g/mol. The molecule has 0 bridgehead atoms. The minimum atomic E-state index is -0.305. The van der Waals surface area contributed by atoms with E-state index in [4.69, 9.17) is 0 Å². The normalized spacial score (nSPS) is 16.9. The van der Waals surface area contributed by atoms with Gasteiger partial charge in [0.2, 0.25) is 0 Å². The van der Waals surface area contributed by atoms with Crippen LogP contribution in [0.1, 0.15) is 19.5 Å². The van der Waals surface area contributed by atoms with Crippen molar-refractivity contribution in [2.45, 2.75) is 19.9 Å². The number of thioether (sulfide) groups is 1. The molecule has 2 amide bonds. The van der Waals surface area contributed by atoms with E-state index in [1.807, 2.05) is 22.9 Å². The van der Waals surface area contributed by atoms with Gasteiger partial charge in [-0.1, -0.05) is 0 Å². The quantitative estimate of drug-likeness (QED) is 0.797. The van der Waals surface area contributed by atoms with Crippen LogP contribution < -0.4 is 0 Å². The molecule has 4 nitrogen and oxygen atoms in total. The number of halogens is 1. The molecular formula is C17H15FN2O2S. The van der Waals surface area contributed by atoms with Crippen LogP contribution in [0.2, 0.25) is 0 Å². The van der Waals surface area contributed by atoms with Crippen LogP contribution in [0.5, 0.6) is 0 Å². The Morgan fingerprint density at radius 2 is 1.83 bits per heavy atom. The molecule has 2 aromatic rings. The van der Waals surface area contributed by atoms with Crippen LogP contribution in [-0.2, 0) is 4.79 Å². The van der Waals surface area contributed by atoms with Gasteiger partial charge in [0.25, 0.3) is 11.1 Å². The third kappa shape index (κ3) is 2.94. The highest BCUT2D eigenvalue weighted by Gasteiger charge is 2.36. The summed E-state index contributed by atoms with van der Waals surface area (Å²) < 4.78 is 14.9. The maximum Gasteiger partial charge on any atom is 0.293 e. The van der Waals surface area contributed by atoms with Crippen molar-refractivity contribution >= 4 is 29.0 Å². The van der Waals surface area contributed by atoms with E-state index in [1.165, 1.54) is 17.0 Å². The summed E-state index contributed by atoms with van der Waals surface area (Å²) in [5, 5.41) is -0.254. The first-order valence-electron chi connectivity index (χ1n) is 7.18. The topological polar surface area (TPSA) is 42.3 Å². The fourth-order valence-electron chi connectivity index (χ4n) is 2.41. The van der Waals surface area contributed by atoms with Crippen molar-refractivity contribution in [2.24, 2.45) is 0 Å². The largest absolute Gasteiger partial charge is 0.317 e. The molecule has 0 aliphatic carbocycles. The summed E-state index contributed by atoms with van der Waals surface area (Å²) in [5.41, 5.74) is 1.54. The number of carbonyl (C=O) groups excluding carboxylic acids is 2. The van der Waals surface area contributed by atoms with Gasteiger partial charge in [-0.25, -0.2) is 4.39 Å². The summed E-state index contributed by atoms with van der Waals surface area (Å²) in [7, 11) is 0. The van der Waals surface area contributed by atoms with E-state index in [1.54, 1.807) is 32.1 Å². The summed E-state index contributed by atoms with van der Waals surface area (Å²) in [4.78, 5) is 25.9. The summed E-state index contributed by atoms with van der Waals surface area (Å²) in [6.07, 6.45) is 3.52. The molecule has 0 saturated carbocycles. The molecule has 1 aromatic heterocycles. The summed E-state index contributed by atoms with van der Waals surface area (Å²) in [6.45, 7) is 3.61. The lowest BCUT2D eigenvalue weighted by Gasteiger charge is -2.16. The molecule has 1 aliphatic heterocycles. The highest BCUT2D eigenvalue weighted by atomic mass is 32.2. The van der Waals surface area contributed by atoms with Crippen LogP contribution in [0.3, 0.4) is 0 Å². The molecule has 0 spiro atoms. The SMILES string of the molecule is CC(C)N1C(=O)S/C(=C/c2cccn2-c2ccc(F)cc2)C1=O. The maximum absolute atomic E-state index is 13.1. The second-order valence-corrected chi connectivity index (χ2v) is 6.42. The Morgan fingerprint density at radius 1 is 1.13 bits per heavy atom. The second kappa shape index (κ2) is 6.04. The molecule has 0 unspecified atom stereocenters. The van der Waals surface area contributed by atoms with Crippen LogP contribution in [0.25, 0.3) is 11.8 Å². The third-order valence-electron chi connectivity index (χ3n) is 3.50. The number of rotatable bonds is 3. The molecule has 118 valence electrons. The second-order valence-electron chi connectivity index (χ2n) is 5.42. The first kappa shape index (κ1) is 15.6. The fourth-order valence-corrected chi connectivity index (χ4v) is 3.35. The predicted molar refractivity (Wildman–Crippen MR) is 88.7 cm³/mol. The molecule has 2 heterocycles. The van der Waals surface area contributed by atoms with Crippen molar-refractivity contribution < 1.29 is 14.0 Å². The average molecular weight is 330 g/mol. The van der Waals surface area contributed by atoms with E-state index in [-0.39, 0.29) is 23.0 Å². The van der Waals surface area contributed by atoms with Gasteiger partial charge in [-0.15, -0.1) is 0 Å². The van der Waals surface area contributed by atoms with Crippen molar-refractivity contribution in [1.29, 1.82) is 0 Å². The number of aromatic nitrogens is 1. The molecule has 0 radical (unpaired) electrons. The molecular weight excluding hydrogens is 315 g/mol. The standard InChI is InChI=1S/C17H15FN2O2S/c1-11(2)20-16(21)15(23-17(20)22)10-14-4-3-9-19(14)13-7-5-12(18)6-8-13/h3-11H,1-2H3/b15-10+. The van der Waals surface area contributed by atoms with Crippen LogP contribution in [0, 0.1) is 5.82 Å². The lowest BCUT2D eigenvalue weighted by Crippen LogP contribution is -2.34. The molecule has 23 heavy (non-hydrogen) atoms. The van der Waals surface area contributed by atoms with Crippen LogP contribution in [0.15, 0.2) is 47.5 Å². The molecule has 0 N–H and O–H groups in total. The van der Waals surface area contributed by atoms with Gasteiger partial charge in [-0.05, 0) is 68.1 Å². The first-order chi connectivity index (χ1) is 11.0.